The van der Waals surface area contributed by atoms with E-state index in [-0.39, 0.29) is 11.9 Å². The molecule has 1 aliphatic heterocycles. The number of halogens is 1. The van der Waals surface area contributed by atoms with Gasteiger partial charge in [-0.05, 0) is 38.6 Å². The second kappa shape index (κ2) is 9.65. The lowest BCUT2D eigenvalue weighted by molar-refractivity contribution is -0.133. The number of amides is 1. The highest BCUT2D eigenvalue weighted by molar-refractivity contribution is 7.16. The van der Waals surface area contributed by atoms with Gasteiger partial charge in [-0.3, -0.25) is 4.79 Å². The molecule has 1 saturated heterocycles. The van der Waals surface area contributed by atoms with Crippen LogP contribution in [0.25, 0.3) is 10.6 Å². The Hall–Kier alpha value is -2.00. The lowest BCUT2D eigenvalue weighted by Crippen LogP contribution is -2.52. The molecule has 1 aliphatic rings. The minimum Gasteiger partial charge on any atom is -0.349 e. The van der Waals surface area contributed by atoms with E-state index in [0.29, 0.717) is 11.4 Å². The standard InChI is InChI=1S/C22H26ClN5OS2/c1-14-20(31-15(2)24-14)19-13-30-22(26-19)25-18(12-16-4-6-17(23)7-5-16)21(29)28-10-8-27(3)9-11-28/h4-7,13,18H,8-12H2,1-3H3,(H,25,26). The summed E-state index contributed by atoms with van der Waals surface area (Å²) in [4.78, 5) is 28.0. The van der Waals surface area contributed by atoms with Crippen molar-refractivity contribution in [2.75, 3.05) is 38.5 Å². The molecule has 0 spiro atoms. The smallest absolute Gasteiger partial charge is 0.245 e. The number of likely N-dealkylation sites (N-methyl/N-ethyl adjacent to an activating group) is 1. The summed E-state index contributed by atoms with van der Waals surface area (Å²) in [5.41, 5.74) is 2.97. The highest BCUT2D eigenvalue weighted by atomic mass is 35.5. The molecule has 1 fully saturated rings. The van der Waals surface area contributed by atoms with E-state index < -0.39 is 0 Å². The van der Waals surface area contributed by atoms with Crippen LogP contribution >= 0.6 is 34.3 Å². The van der Waals surface area contributed by atoms with Crippen molar-refractivity contribution >= 4 is 45.3 Å². The van der Waals surface area contributed by atoms with E-state index in [1.165, 1.54) is 11.3 Å². The molecule has 3 heterocycles. The van der Waals surface area contributed by atoms with Gasteiger partial charge in [-0.1, -0.05) is 23.7 Å². The number of benzene rings is 1. The monoisotopic (exact) mass is 475 g/mol. The largest absolute Gasteiger partial charge is 0.349 e. The first kappa shape index (κ1) is 22.2. The van der Waals surface area contributed by atoms with E-state index in [2.05, 4.69) is 22.2 Å². The minimum atomic E-state index is -0.382. The molecule has 3 aromatic rings. The SMILES string of the molecule is Cc1nc(C)c(-c2csc(NC(Cc3ccc(Cl)cc3)C(=O)N3CCN(C)CC3)n2)s1. The van der Waals surface area contributed by atoms with E-state index in [4.69, 9.17) is 16.6 Å². The molecule has 1 atom stereocenters. The number of thiazole rings is 2. The molecule has 6 nitrogen and oxygen atoms in total. The quantitative estimate of drug-likeness (QED) is 0.574. The highest BCUT2D eigenvalue weighted by Gasteiger charge is 2.28. The topological polar surface area (TPSA) is 61.4 Å². The molecule has 164 valence electrons. The Labute approximate surface area is 195 Å². The Kier molecular flexibility index (Phi) is 6.91. The maximum atomic E-state index is 13.4. The van der Waals surface area contributed by atoms with Gasteiger partial charge in [-0.2, -0.15) is 0 Å². The van der Waals surface area contributed by atoms with Gasteiger partial charge in [-0.15, -0.1) is 22.7 Å². The number of aryl methyl sites for hydroxylation is 2. The Balaban J connectivity index is 1.54. The van der Waals surface area contributed by atoms with Crippen molar-refractivity contribution in [1.82, 2.24) is 19.8 Å². The Morgan fingerprint density at radius 3 is 2.52 bits per heavy atom. The fraction of sp³-hybridized carbons (Fsp3) is 0.409. The van der Waals surface area contributed by atoms with Crippen LogP contribution in [0.2, 0.25) is 5.02 Å². The first-order valence-corrected chi connectivity index (χ1v) is 12.3. The highest BCUT2D eigenvalue weighted by Crippen LogP contribution is 2.32. The number of nitrogens with one attached hydrogen (secondary N) is 1. The van der Waals surface area contributed by atoms with Gasteiger partial charge in [0.15, 0.2) is 5.13 Å². The third-order valence-electron chi connectivity index (χ3n) is 5.40. The van der Waals surface area contributed by atoms with Gasteiger partial charge in [-0.25, -0.2) is 9.97 Å². The summed E-state index contributed by atoms with van der Waals surface area (Å²) in [6, 6.07) is 7.30. The van der Waals surface area contributed by atoms with Crippen molar-refractivity contribution in [2.45, 2.75) is 26.3 Å². The third-order valence-corrected chi connectivity index (χ3v) is 7.53. The summed E-state index contributed by atoms with van der Waals surface area (Å²) in [5.74, 6) is 0.115. The number of carbonyl (C=O) groups excluding carboxylic acids is 1. The Bertz CT molecular complexity index is 1040. The van der Waals surface area contributed by atoms with Crippen LogP contribution in [-0.2, 0) is 11.2 Å². The molecular weight excluding hydrogens is 450 g/mol. The second-order valence-corrected chi connectivity index (χ2v) is 10.3. The van der Waals surface area contributed by atoms with Gasteiger partial charge in [0.1, 0.15) is 6.04 Å². The maximum absolute atomic E-state index is 13.4. The molecule has 1 unspecified atom stereocenters. The lowest BCUT2D eigenvalue weighted by Gasteiger charge is -2.34. The van der Waals surface area contributed by atoms with Crippen LogP contribution in [0.15, 0.2) is 29.6 Å². The van der Waals surface area contributed by atoms with Crippen LogP contribution in [-0.4, -0.2) is 64.9 Å². The number of aromatic nitrogens is 2. The van der Waals surface area contributed by atoms with E-state index >= 15 is 0 Å². The van der Waals surface area contributed by atoms with Crippen LogP contribution in [0.3, 0.4) is 0 Å². The van der Waals surface area contributed by atoms with Gasteiger partial charge in [0.2, 0.25) is 5.91 Å². The Morgan fingerprint density at radius 2 is 1.87 bits per heavy atom. The average Bonchev–Trinajstić information content (AvgIpc) is 3.34. The number of anilines is 1. The Morgan fingerprint density at radius 1 is 1.16 bits per heavy atom. The first-order chi connectivity index (χ1) is 14.9. The normalized spacial score (nSPS) is 15.8. The molecule has 1 aromatic carbocycles. The lowest BCUT2D eigenvalue weighted by atomic mass is 10.0. The molecule has 2 aromatic heterocycles. The van der Waals surface area contributed by atoms with E-state index in [1.807, 2.05) is 48.4 Å². The van der Waals surface area contributed by atoms with Crippen molar-refractivity contribution in [2.24, 2.45) is 0 Å². The molecule has 0 bridgehead atoms. The fourth-order valence-corrected chi connectivity index (χ4v) is 5.50. The molecule has 1 amide bonds. The molecule has 9 heteroatoms. The number of carbonyl (C=O) groups is 1. The van der Waals surface area contributed by atoms with Crippen LogP contribution in [0, 0.1) is 13.8 Å². The summed E-state index contributed by atoms with van der Waals surface area (Å²) in [6.45, 7) is 7.29. The van der Waals surface area contributed by atoms with Crippen LogP contribution < -0.4 is 5.32 Å². The number of hydrogen-bond acceptors (Lipinski definition) is 7. The van der Waals surface area contributed by atoms with Gasteiger partial charge < -0.3 is 15.1 Å². The second-order valence-electron chi connectivity index (χ2n) is 7.84. The molecule has 0 aliphatic carbocycles. The predicted octanol–water partition coefficient (Wildman–Crippen LogP) is 4.33. The molecule has 1 N–H and O–H groups in total. The number of piperazine rings is 1. The molecule has 31 heavy (non-hydrogen) atoms. The summed E-state index contributed by atoms with van der Waals surface area (Å²) >= 11 is 9.21. The van der Waals surface area contributed by atoms with Crippen LogP contribution in [0.4, 0.5) is 5.13 Å². The number of nitrogens with zero attached hydrogens (tertiary/aromatic N) is 4. The van der Waals surface area contributed by atoms with Crippen LogP contribution in [0.5, 0.6) is 0 Å². The average molecular weight is 476 g/mol. The van der Waals surface area contributed by atoms with E-state index in [1.54, 1.807) is 11.3 Å². The van der Waals surface area contributed by atoms with Gasteiger partial charge in [0, 0.05) is 43.0 Å². The van der Waals surface area contributed by atoms with Gasteiger partial charge in [0.05, 0.1) is 21.3 Å². The van der Waals surface area contributed by atoms with Crippen molar-refractivity contribution in [3.05, 3.63) is 50.9 Å². The third kappa shape index (κ3) is 5.44. The zero-order chi connectivity index (χ0) is 22.0. The zero-order valence-electron chi connectivity index (χ0n) is 17.9. The van der Waals surface area contributed by atoms with Crippen molar-refractivity contribution < 1.29 is 4.79 Å². The predicted molar refractivity (Wildman–Crippen MR) is 129 cm³/mol. The number of rotatable bonds is 6. The summed E-state index contributed by atoms with van der Waals surface area (Å²) in [6.07, 6.45) is 0.579. The number of hydrogen-bond donors (Lipinski definition) is 1. The van der Waals surface area contributed by atoms with Crippen molar-refractivity contribution in [3.63, 3.8) is 0 Å². The van der Waals surface area contributed by atoms with Crippen molar-refractivity contribution in [3.8, 4) is 10.6 Å². The summed E-state index contributed by atoms with van der Waals surface area (Å²) in [7, 11) is 2.09. The van der Waals surface area contributed by atoms with Gasteiger partial charge >= 0.3 is 0 Å². The molecule has 0 saturated carbocycles. The zero-order valence-corrected chi connectivity index (χ0v) is 20.3. The van der Waals surface area contributed by atoms with Gasteiger partial charge in [0.25, 0.3) is 0 Å². The van der Waals surface area contributed by atoms with Crippen LogP contribution in [0.1, 0.15) is 16.3 Å². The first-order valence-electron chi connectivity index (χ1n) is 10.3. The summed E-state index contributed by atoms with van der Waals surface area (Å²) in [5, 5.41) is 7.92. The molecule has 0 radical (unpaired) electrons. The fourth-order valence-electron chi connectivity index (χ4n) is 3.67. The molecule has 4 rings (SSSR count). The van der Waals surface area contributed by atoms with E-state index in [9.17, 15) is 4.79 Å². The molecular formula is C22H26ClN5OS2. The van der Waals surface area contributed by atoms with Crippen molar-refractivity contribution in [1.29, 1.82) is 0 Å². The van der Waals surface area contributed by atoms with E-state index in [0.717, 1.165) is 58.1 Å². The summed E-state index contributed by atoms with van der Waals surface area (Å²) < 4.78 is 0. The minimum absolute atomic E-state index is 0.115. The maximum Gasteiger partial charge on any atom is 0.245 e.